The quantitative estimate of drug-likeness (QED) is 0.638. The van der Waals surface area contributed by atoms with E-state index in [0.29, 0.717) is 18.5 Å². The van der Waals surface area contributed by atoms with Gasteiger partial charge in [0.05, 0.1) is 0 Å². The van der Waals surface area contributed by atoms with Gasteiger partial charge in [-0.15, -0.1) is 0 Å². The van der Waals surface area contributed by atoms with E-state index in [1.54, 1.807) is 0 Å². The Morgan fingerprint density at radius 3 is 2.75 bits per heavy atom. The van der Waals surface area contributed by atoms with Crippen molar-refractivity contribution in [2.45, 2.75) is 19.8 Å². The van der Waals surface area contributed by atoms with Gasteiger partial charge in [0.25, 0.3) is 0 Å². The number of amides is 1. The minimum absolute atomic E-state index is 0.0279. The molecule has 1 aliphatic rings. The van der Waals surface area contributed by atoms with Crippen molar-refractivity contribution in [1.82, 2.24) is 5.32 Å². The Bertz CT molecular complexity index is 255. The Labute approximate surface area is 70.3 Å². The fourth-order valence-corrected chi connectivity index (χ4v) is 1.18. The van der Waals surface area contributed by atoms with Gasteiger partial charge in [0.15, 0.2) is 0 Å². The topological polar surface area (TPSA) is 66.4 Å². The van der Waals surface area contributed by atoms with E-state index in [4.69, 9.17) is 5.11 Å². The predicted molar refractivity (Wildman–Crippen MR) is 42.6 cm³/mol. The molecule has 1 heterocycles. The molecule has 0 aromatic heterocycles. The van der Waals surface area contributed by atoms with E-state index in [2.05, 4.69) is 5.32 Å². The molecule has 4 heteroatoms. The molecule has 2 N–H and O–H groups in total. The van der Waals surface area contributed by atoms with E-state index < -0.39 is 5.97 Å². The molecule has 66 valence electrons. The molecule has 1 aliphatic heterocycles. The number of carboxylic acid groups (broad SMARTS) is 1. The Kier molecular flexibility index (Phi) is 2.47. The maximum absolute atomic E-state index is 11.0. The van der Waals surface area contributed by atoms with Crippen LogP contribution in [0.2, 0.25) is 0 Å². The zero-order valence-electron chi connectivity index (χ0n) is 6.89. The average molecular weight is 169 g/mol. The van der Waals surface area contributed by atoms with Crippen LogP contribution in [0.5, 0.6) is 0 Å². The number of hydrogen-bond acceptors (Lipinski definition) is 2. The molecule has 0 aromatic rings. The van der Waals surface area contributed by atoms with Gasteiger partial charge in [0, 0.05) is 18.5 Å². The van der Waals surface area contributed by atoms with Gasteiger partial charge in [-0.1, -0.05) is 0 Å². The highest BCUT2D eigenvalue weighted by Gasteiger charge is 2.19. The number of carbonyl (C=O) groups excluding carboxylic acids is 1. The SMILES string of the molecule is CC1=C(CCC(=O)O)C(=O)NC1. The molecule has 0 atom stereocenters. The molecular formula is C8H11NO3. The molecule has 0 saturated heterocycles. The number of carboxylic acids is 1. The summed E-state index contributed by atoms with van der Waals surface area (Å²) in [5.74, 6) is -0.983. The molecule has 0 fully saturated rings. The van der Waals surface area contributed by atoms with E-state index in [0.717, 1.165) is 5.57 Å². The first-order valence-electron chi connectivity index (χ1n) is 3.80. The van der Waals surface area contributed by atoms with Crippen LogP contribution in [0.15, 0.2) is 11.1 Å². The average Bonchev–Trinajstić information content (AvgIpc) is 2.28. The first-order chi connectivity index (χ1) is 5.61. The Morgan fingerprint density at radius 1 is 1.67 bits per heavy atom. The molecule has 0 aliphatic carbocycles. The second-order valence-electron chi connectivity index (χ2n) is 2.84. The van der Waals surface area contributed by atoms with Crippen LogP contribution >= 0.6 is 0 Å². The minimum Gasteiger partial charge on any atom is -0.481 e. The molecular weight excluding hydrogens is 158 g/mol. The lowest BCUT2D eigenvalue weighted by Gasteiger charge is -1.97. The third-order valence-corrected chi connectivity index (χ3v) is 1.89. The van der Waals surface area contributed by atoms with Crippen LogP contribution in [-0.2, 0) is 9.59 Å². The van der Waals surface area contributed by atoms with Gasteiger partial charge in [0.1, 0.15) is 0 Å². The molecule has 0 unspecified atom stereocenters. The maximum atomic E-state index is 11.0. The van der Waals surface area contributed by atoms with Crippen molar-refractivity contribution in [3.63, 3.8) is 0 Å². The van der Waals surface area contributed by atoms with Gasteiger partial charge in [-0.05, 0) is 18.9 Å². The molecule has 0 spiro atoms. The third-order valence-electron chi connectivity index (χ3n) is 1.89. The van der Waals surface area contributed by atoms with Crippen molar-refractivity contribution in [2.24, 2.45) is 0 Å². The standard InChI is InChI=1S/C8H11NO3/c1-5-4-9-8(12)6(5)2-3-7(10)11/h2-4H2,1H3,(H,9,12)(H,10,11). The lowest BCUT2D eigenvalue weighted by molar-refractivity contribution is -0.136. The Hall–Kier alpha value is -1.32. The molecule has 1 amide bonds. The van der Waals surface area contributed by atoms with E-state index in [1.807, 2.05) is 6.92 Å². The Balaban J connectivity index is 2.56. The second-order valence-corrected chi connectivity index (χ2v) is 2.84. The van der Waals surface area contributed by atoms with Crippen LogP contribution in [0.3, 0.4) is 0 Å². The highest BCUT2D eigenvalue weighted by molar-refractivity contribution is 5.97. The van der Waals surface area contributed by atoms with E-state index in [9.17, 15) is 9.59 Å². The van der Waals surface area contributed by atoms with Crippen molar-refractivity contribution in [2.75, 3.05) is 6.54 Å². The van der Waals surface area contributed by atoms with E-state index in [1.165, 1.54) is 0 Å². The largest absolute Gasteiger partial charge is 0.481 e. The molecule has 0 radical (unpaired) electrons. The first kappa shape index (κ1) is 8.77. The zero-order chi connectivity index (χ0) is 9.14. The van der Waals surface area contributed by atoms with Crippen molar-refractivity contribution >= 4 is 11.9 Å². The fraction of sp³-hybridized carbons (Fsp3) is 0.500. The van der Waals surface area contributed by atoms with Gasteiger partial charge < -0.3 is 10.4 Å². The normalized spacial score (nSPS) is 16.6. The number of carbonyl (C=O) groups is 2. The van der Waals surface area contributed by atoms with Crippen LogP contribution in [0, 0.1) is 0 Å². The number of hydrogen-bond donors (Lipinski definition) is 2. The fourth-order valence-electron chi connectivity index (χ4n) is 1.18. The lowest BCUT2D eigenvalue weighted by Crippen LogP contribution is -2.17. The highest BCUT2D eigenvalue weighted by atomic mass is 16.4. The zero-order valence-corrected chi connectivity index (χ0v) is 6.89. The van der Waals surface area contributed by atoms with Crippen molar-refractivity contribution in [3.8, 4) is 0 Å². The summed E-state index contributed by atoms with van der Waals surface area (Å²) in [5, 5.41) is 11.0. The summed E-state index contributed by atoms with van der Waals surface area (Å²) in [6.45, 7) is 2.41. The van der Waals surface area contributed by atoms with Crippen LogP contribution in [-0.4, -0.2) is 23.5 Å². The minimum atomic E-state index is -0.866. The Morgan fingerprint density at radius 2 is 2.33 bits per heavy atom. The molecule has 0 aromatic carbocycles. The number of aliphatic carboxylic acids is 1. The van der Waals surface area contributed by atoms with Gasteiger partial charge >= 0.3 is 5.97 Å². The summed E-state index contributed by atoms with van der Waals surface area (Å²) in [6, 6.07) is 0. The predicted octanol–water partition coefficient (Wildman–Crippen LogP) is 0.298. The van der Waals surface area contributed by atoms with Crippen LogP contribution in [0.4, 0.5) is 0 Å². The molecule has 0 bridgehead atoms. The summed E-state index contributed by atoms with van der Waals surface area (Å²) >= 11 is 0. The van der Waals surface area contributed by atoms with Crippen molar-refractivity contribution < 1.29 is 14.7 Å². The van der Waals surface area contributed by atoms with Gasteiger partial charge in [-0.3, -0.25) is 9.59 Å². The first-order valence-corrected chi connectivity index (χ1v) is 3.80. The lowest BCUT2D eigenvalue weighted by atomic mass is 10.1. The monoisotopic (exact) mass is 169 g/mol. The summed E-state index contributed by atoms with van der Waals surface area (Å²) in [6.07, 6.45) is 0.368. The van der Waals surface area contributed by atoms with Gasteiger partial charge in [-0.25, -0.2) is 0 Å². The van der Waals surface area contributed by atoms with Crippen LogP contribution in [0.1, 0.15) is 19.8 Å². The number of rotatable bonds is 3. The smallest absolute Gasteiger partial charge is 0.303 e. The summed E-state index contributed by atoms with van der Waals surface area (Å²) < 4.78 is 0. The number of nitrogens with one attached hydrogen (secondary N) is 1. The van der Waals surface area contributed by atoms with Crippen LogP contribution in [0.25, 0.3) is 0 Å². The maximum Gasteiger partial charge on any atom is 0.303 e. The molecule has 0 saturated carbocycles. The highest BCUT2D eigenvalue weighted by Crippen LogP contribution is 2.15. The van der Waals surface area contributed by atoms with E-state index in [-0.39, 0.29) is 12.3 Å². The summed E-state index contributed by atoms with van der Waals surface area (Å²) in [4.78, 5) is 21.3. The van der Waals surface area contributed by atoms with Gasteiger partial charge in [-0.2, -0.15) is 0 Å². The summed E-state index contributed by atoms with van der Waals surface area (Å²) in [5.41, 5.74) is 1.60. The van der Waals surface area contributed by atoms with Crippen molar-refractivity contribution in [1.29, 1.82) is 0 Å². The van der Waals surface area contributed by atoms with E-state index >= 15 is 0 Å². The molecule has 1 rings (SSSR count). The third kappa shape index (κ3) is 1.84. The molecule has 4 nitrogen and oxygen atoms in total. The van der Waals surface area contributed by atoms with Crippen LogP contribution < -0.4 is 5.32 Å². The second kappa shape index (κ2) is 3.38. The van der Waals surface area contributed by atoms with Crippen molar-refractivity contribution in [3.05, 3.63) is 11.1 Å². The molecule has 12 heavy (non-hydrogen) atoms. The van der Waals surface area contributed by atoms with Gasteiger partial charge in [0.2, 0.25) is 5.91 Å². The summed E-state index contributed by atoms with van der Waals surface area (Å²) in [7, 11) is 0.